The van der Waals surface area contributed by atoms with E-state index in [9.17, 15) is 10.1 Å². The Morgan fingerprint density at radius 3 is 2.86 bits per heavy atom. The number of methoxy groups -OCH3 is 1. The van der Waals surface area contributed by atoms with Gasteiger partial charge in [-0.25, -0.2) is 4.98 Å². The summed E-state index contributed by atoms with van der Waals surface area (Å²) < 4.78 is 5.22. The minimum Gasteiger partial charge on any atom is -0.497 e. The summed E-state index contributed by atoms with van der Waals surface area (Å²) in [6.07, 6.45) is 1.42. The van der Waals surface area contributed by atoms with Crippen LogP contribution < -0.4 is 10.1 Å². The van der Waals surface area contributed by atoms with Gasteiger partial charge in [-0.3, -0.25) is 4.79 Å². The molecular weight excluding hydrogens is 417 g/mol. The van der Waals surface area contributed by atoms with E-state index in [0.717, 1.165) is 16.3 Å². The maximum atomic E-state index is 12.4. The number of anilines is 1. The largest absolute Gasteiger partial charge is 0.497 e. The molecule has 0 aliphatic rings. The van der Waals surface area contributed by atoms with E-state index in [2.05, 4.69) is 10.3 Å². The molecule has 0 bridgehead atoms. The number of hydrogen-bond donors (Lipinski definition) is 1. The molecule has 0 spiro atoms. The number of carbonyl (C=O) groups excluding carboxylic acids is 1. The zero-order valence-electron chi connectivity index (χ0n) is 14.6. The van der Waals surface area contributed by atoms with Crippen LogP contribution in [0.4, 0.5) is 5.69 Å². The molecule has 140 valence electrons. The number of nitrogens with one attached hydrogen (secondary N) is 1. The summed E-state index contributed by atoms with van der Waals surface area (Å²) in [5.41, 5.74) is 1.62. The molecule has 0 unspecified atom stereocenters. The lowest BCUT2D eigenvalue weighted by molar-refractivity contribution is -0.112. The van der Waals surface area contributed by atoms with Gasteiger partial charge < -0.3 is 10.1 Å². The van der Waals surface area contributed by atoms with Gasteiger partial charge in [0.25, 0.3) is 5.91 Å². The fourth-order valence-corrected chi connectivity index (χ4v) is 3.43. The van der Waals surface area contributed by atoms with Gasteiger partial charge in [0.1, 0.15) is 22.4 Å². The third-order valence-electron chi connectivity index (χ3n) is 3.67. The molecule has 0 aliphatic heterocycles. The number of carbonyl (C=O) groups is 1. The molecule has 0 saturated heterocycles. The lowest BCUT2D eigenvalue weighted by Crippen LogP contribution is -2.13. The van der Waals surface area contributed by atoms with E-state index < -0.39 is 5.91 Å². The van der Waals surface area contributed by atoms with E-state index in [1.54, 1.807) is 24.6 Å². The van der Waals surface area contributed by atoms with E-state index in [4.69, 9.17) is 27.9 Å². The Kier molecular flexibility index (Phi) is 6.32. The zero-order chi connectivity index (χ0) is 20.1. The zero-order valence-corrected chi connectivity index (χ0v) is 16.9. The van der Waals surface area contributed by atoms with Crippen LogP contribution in [0, 0.1) is 11.3 Å². The molecule has 1 amide bonds. The second-order valence-electron chi connectivity index (χ2n) is 5.56. The van der Waals surface area contributed by atoms with Gasteiger partial charge in [-0.2, -0.15) is 5.26 Å². The fraction of sp³-hybridized carbons (Fsp3) is 0.0500. The number of hydrogen-bond acceptors (Lipinski definition) is 5. The summed E-state index contributed by atoms with van der Waals surface area (Å²) in [5.74, 6) is 0.128. The van der Waals surface area contributed by atoms with E-state index >= 15 is 0 Å². The smallest absolute Gasteiger partial charge is 0.266 e. The maximum Gasteiger partial charge on any atom is 0.266 e. The number of rotatable bonds is 5. The van der Waals surface area contributed by atoms with Crippen LogP contribution in [0.1, 0.15) is 5.69 Å². The second-order valence-corrected chi connectivity index (χ2v) is 7.26. The van der Waals surface area contributed by atoms with Crippen molar-refractivity contribution in [2.24, 2.45) is 0 Å². The van der Waals surface area contributed by atoms with Crippen molar-refractivity contribution in [3.63, 3.8) is 0 Å². The van der Waals surface area contributed by atoms with Crippen LogP contribution in [0.5, 0.6) is 5.75 Å². The summed E-state index contributed by atoms with van der Waals surface area (Å²) in [7, 11) is 1.60. The van der Waals surface area contributed by atoms with Crippen molar-refractivity contribution in [1.82, 2.24) is 4.98 Å². The predicted octanol–water partition coefficient (Wildman–Crippen LogP) is 5.67. The first kappa shape index (κ1) is 19.9. The van der Waals surface area contributed by atoms with Gasteiger partial charge in [0.05, 0.1) is 23.5 Å². The number of benzene rings is 2. The van der Waals surface area contributed by atoms with Crippen LogP contribution in [0.3, 0.4) is 0 Å². The molecule has 5 nitrogen and oxygen atoms in total. The molecule has 0 saturated carbocycles. The fourth-order valence-electron chi connectivity index (χ4n) is 2.32. The Hall–Kier alpha value is -2.85. The highest BCUT2D eigenvalue weighted by Crippen LogP contribution is 2.28. The van der Waals surface area contributed by atoms with E-state index in [0.29, 0.717) is 21.4 Å². The monoisotopic (exact) mass is 429 g/mol. The number of halogens is 2. The van der Waals surface area contributed by atoms with Crippen LogP contribution >= 0.6 is 34.5 Å². The van der Waals surface area contributed by atoms with E-state index in [1.165, 1.54) is 23.5 Å². The molecule has 1 aromatic heterocycles. The van der Waals surface area contributed by atoms with Crippen LogP contribution in [-0.2, 0) is 4.79 Å². The topological polar surface area (TPSA) is 75.0 Å². The Morgan fingerprint density at radius 2 is 2.11 bits per heavy atom. The van der Waals surface area contributed by atoms with Crippen molar-refractivity contribution in [3.8, 4) is 22.4 Å². The van der Waals surface area contributed by atoms with Gasteiger partial charge in [-0.05, 0) is 36.4 Å². The van der Waals surface area contributed by atoms with E-state index in [1.807, 2.05) is 30.3 Å². The second kappa shape index (κ2) is 8.89. The Bertz CT molecular complexity index is 1100. The van der Waals surface area contributed by atoms with Gasteiger partial charge >= 0.3 is 0 Å². The van der Waals surface area contributed by atoms with Crippen molar-refractivity contribution in [1.29, 1.82) is 5.26 Å². The number of nitriles is 1. The highest BCUT2D eigenvalue weighted by molar-refractivity contribution is 7.13. The quantitative estimate of drug-likeness (QED) is 0.418. The first-order valence-corrected chi connectivity index (χ1v) is 9.62. The van der Waals surface area contributed by atoms with Gasteiger partial charge in [0.15, 0.2) is 0 Å². The molecule has 28 heavy (non-hydrogen) atoms. The first-order valence-electron chi connectivity index (χ1n) is 7.98. The average Bonchev–Trinajstić information content (AvgIpc) is 3.17. The number of aromatic nitrogens is 1. The standard InChI is InChI=1S/C20H13Cl2N3O2S/c1-27-16-4-2-3-12(8-16)20-24-15(11-28-20)7-13(10-23)19(26)25-18-9-14(21)5-6-17(18)22/h2-9,11H,1H3,(H,25,26)/b13-7+. The van der Waals surface area contributed by atoms with Crippen LogP contribution in [-0.4, -0.2) is 18.0 Å². The normalized spacial score (nSPS) is 11.0. The molecule has 0 aliphatic carbocycles. The number of amides is 1. The van der Waals surface area contributed by atoms with Crippen molar-refractivity contribution in [2.45, 2.75) is 0 Å². The summed E-state index contributed by atoms with van der Waals surface area (Å²) in [6.45, 7) is 0. The molecule has 0 radical (unpaired) electrons. The number of ether oxygens (including phenoxy) is 1. The van der Waals surface area contributed by atoms with Gasteiger partial charge in [0.2, 0.25) is 0 Å². The Balaban J connectivity index is 1.83. The third-order valence-corrected chi connectivity index (χ3v) is 5.15. The summed E-state index contributed by atoms with van der Waals surface area (Å²) in [4.78, 5) is 16.9. The lowest BCUT2D eigenvalue weighted by Gasteiger charge is -2.06. The van der Waals surface area contributed by atoms with Crippen LogP contribution in [0.25, 0.3) is 16.6 Å². The molecule has 2 aromatic carbocycles. The van der Waals surface area contributed by atoms with Gasteiger partial charge in [-0.1, -0.05) is 35.3 Å². The van der Waals surface area contributed by atoms with Gasteiger partial charge in [-0.15, -0.1) is 11.3 Å². The summed E-state index contributed by atoms with van der Waals surface area (Å²) >= 11 is 13.4. The summed E-state index contributed by atoms with van der Waals surface area (Å²) in [6, 6.07) is 14.1. The molecule has 0 fully saturated rings. The van der Waals surface area contributed by atoms with Gasteiger partial charge in [0, 0.05) is 16.0 Å². The first-order chi connectivity index (χ1) is 13.5. The third kappa shape index (κ3) is 4.70. The molecule has 0 atom stereocenters. The average molecular weight is 430 g/mol. The van der Waals surface area contributed by atoms with Crippen molar-refractivity contribution in [2.75, 3.05) is 12.4 Å². The lowest BCUT2D eigenvalue weighted by atomic mass is 10.2. The highest BCUT2D eigenvalue weighted by Gasteiger charge is 2.13. The van der Waals surface area contributed by atoms with Crippen LogP contribution in [0.2, 0.25) is 10.0 Å². The minimum absolute atomic E-state index is 0.0986. The SMILES string of the molecule is COc1cccc(-c2nc(/C=C(\C#N)C(=O)Nc3cc(Cl)ccc3Cl)cs2)c1. The molecule has 8 heteroatoms. The molecule has 3 rings (SSSR count). The van der Waals surface area contributed by atoms with E-state index in [-0.39, 0.29) is 5.57 Å². The van der Waals surface area contributed by atoms with Crippen molar-refractivity contribution < 1.29 is 9.53 Å². The number of nitrogens with zero attached hydrogens (tertiary/aromatic N) is 2. The van der Waals surface area contributed by atoms with Crippen molar-refractivity contribution >= 4 is 52.2 Å². The Morgan fingerprint density at radius 1 is 1.29 bits per heavy atom. The number of thiazole rings is 1. The van der Waals surface area contributed by atoms with Crippen molar-refractivity contribution in [3.05, 3.63) is 69.2 Å². The summed E-state index contributed by atoms with van der Waals surface area (Å²) in [5, 5.41) is 15.2. The van der Waals surface area contributed by atoms with Crippen LogP contribution in [0.15, 0.2) is 53.4 Å². The molecule has 3 aromatic rings. The maximum absolute atomic E-state index is 12.4. The highest BCUT2D eigenvalue weighted by atomic mass is 35.5. The predicted molar refractivity (Wildman–Crippen MR) is 113 cm³/mol. The molecular formula is C20H13Cl2N3O2S. The molecule has 1 heterocycles. The Labute approximate surface area is 175 Å². The molecule has 1 N–H and O–H groups in total. The minimum atomic E-state index is -0.595.